The summed E-state index contributed by atoms with van der Waals surface area (Å²) in [5.74, 6) is 1.82. The summed E-state index contributed by atoms with van der Waals surface area (Å²) < 4.78 is 0. The Balaban J connectivity index is 0.00000484. The fourth-order valence-corrected chi connectivity index (χ4v) is 3.31. The van der Waals surface area contributed by atoms with E-state index in [4.69, 9.17) is 4.99 Å². The van der Waals surface area contributed by atoms with Crippen molar-refractivity contribution in [2.75, 3.05) is 19.7 Å². The van der Waals surface area contributed by atoms with E-state index >= 15 is 0 Å². The molecule has 1 saturated carbocycles. The Bertz CT molecular complexity index is 324. The monoisotopic (exact) mass is 439 g/mol. The largest absolute Gasteiger partial charge is 0.396 e. The molecule has 0 heterocycles. The number of guanidine groups is 1. The second kappa shape index (κ2) is 12.3. The Kier molecular flexibility index (Phi) is 12.3. The van der Waals surface area contributed by atoms with Crippen molar-refractivity contribution in [2.24, 2.45) is 16.3 Å². The van der Waals surface area contributed by atoms with Crippen LogP contribution in [0, 0.1) is 11.3 Å². The molecular formula is C18H38IN3O. The number of nitrogens with zero attached hydrogens (tertiary/aromatic N) is 1. The van der Waals surface area contributed by atoms with Gasteiger partial charge in [-0.3, -0.25) is 4.99 Å². The van der Waals surface area contributed by atoms with Gasteiger partial charge in [0.1, 0.15) is 0 Å². The van der Waals surface area contributed by atoms with E-state index in [2.05, 4.69) is 38.3 Å². The molecule has 0 aromatic rings. The average molecular weight is 439 g/mol. The van der Waals surface area contributed by atoms with Crippen LogP contribution in [-0.2, 0) is 0 Å². The molecule has 1 fully saturated rings. The summed E-state index contributed by atoms with van der Waals surface area (Å²) in [6.45, 7) is 10.8. The molecule has 3 N–H and O–H groups in total. The summed E-state index contributed by atoms with van der Waals surface area (Å²) >= 11 is 0. The number of aliphatic hydroxyl groups is 1. The first-order valence-corrected chi connectivity index (χ1v) is 9.24. The maximum atomic E-state index is 9.34. The molecule has 1 rings (SSSR count). The SMILES string of the molecule is CCNC(=NCC(CC)(CC)CCO)NC1CCC(C)CC1.I. The number of nitrogens with one attached hydrogen (secondary N) is 2. The van der Waals surface area contributed by atoms with Gasteiger partial charge in [-0.2, -0.15) is 0 Å². The van der Waals surface area contributed by atoms with Crippen LogP contribution in [0.25, 0.3) is 0 Å². The van der Waals surface area contributed by atoms with Crippen molar-refractivity contribution in [3.8, 4) is 0 Å². The van der Waals surface area contributed by atoms with Gasteiger partial charge in [-0.05, 0) is 63.2 Å². The third-order valence-corrected chi connectivity index (χ3v) is 5.42. The van der Waals surface area contributed by atoms with E-state index in [1.165, 1.54) is 25.7 Å². The zero-order valence-electron chi connectivity index (χ0n) is 15.5. The number of rotatable bonds is 8. The minimum atomic E-state index is 0. The number of aliphatic hydroxyl groups excluding tert-OH is 1. The molecule has 0 radical (unpaired) electrons. The van der Waals surface area contributed by atoms with Crippen molar-refractivity contribution >= 4 is 29.9 Å². The van der Waals surface area contributed by atoms with E-state index in [0.717, 1.165) is 44.2 Å². The lowest BCUT2D eigenvalue weighted by Gasteiger charge is -2.31. The Morgan fingerprint density at radius 3 is 2.22 bits per heavy atom. The summed E-state index contributed by atoms with van der Waals surface area (Å²) in [5, 5.41) is 16.3. The van der Waals surface area contributed by atoms with Crippen LogP contribution in [-0.4, -0.2) is 36.8 Å². The van der Waals surface area contributed by atoms with Gasteiger partial charge in [-0.15, -0.1) is 24.0 Å². The van der Waals surface area contributed by atoms with Crippen LogP contribution in [0.5, 0.6) is 0 Å². The minimum Gasteiger partial charge on any atom is -0.396 e. The quantitative estimate of drug-likeness (QED) is 0.305. The lowest BCUT2D eigenvalue weighted by Crippen LogP contribution is -2.45. The average Bonchev–Trinajstić information content (AvgIpc) is 2.53. The number of aliphatic imine (C=N–C) groups is 1. The van der Waals surface area contributed by atoms with E-state index in [1.807, 2.05) is 0 Å². The molecule has 0 aliphatic heterocycles. The molecule has 1 aliphatic rings. The van der Waals surface area contributed by atoms with Gasteiger partial charge in [-0.25, -0.2) is 0 Å². The van der Waals surface area contributed by atoms with E-state index in [0.29, 0.717) is 6.04 Å². The maximum Gasteiger partial charge on any atom is 0.191 e. The summed E-state index contributed by atoms with van der Waals surface area (Å²) in [7, 11) is 0. The highest BCUT2D eigenvalue weighted by Crippen LogP contribution is 2.30. The lowest BCUT2D eigenvalue weighted by molar-refractivity contribution is 0.175. The normalized spacial score (nSPS) is 22.4. The van der Waals surface area contributed by atoms with Crippen molar-refractivity contribution in [3.05, 3.63) is 0 Å². The van der Waals surface area contributed by atoms with Gasteiger partial charge >= 0.3 is 0 Å². The maximum absolute atomic E-state index is 9.34. The standard InChI is InChI=1S/C18H37N3O.HI/c1-5-18(6-2,12-13-22)14-20-17(19-7-3)21-16-10-8-15(4)9-11-16;/h15-16,22H,5-14H2,1-4H3,(H2,19,20,21);1H. The zero-order chi connectivity index (χ0) is 16.4. The Labute approximate surface area is 160 Å². The van der Waals surface area contributed by atoms with Gasteiger partial charge in [-0.1, -0.05) is 20.8 Å². The molecule has 0 amide bonds. The summed E-state index contributed by atoms with van der Waals surface area (Å²) in [6, 6.07) is 0.560. The molecule has 1 aliphatic carbocycles. The molecule has 0 aromatic heterocycles. The third-order valence-electron chi connectivity index (χ3n) is 5.42. The van der Waals surface area contributed by atoms with E-state index < -0.39 is 0 Å². The van der Waals surface area contributed by atoms with E-state index in [1.54, 1.807) is 0 Å². The van der Waals surface area contributed by atoms with Crippen LogP contribution in [0.1, 0.15) is 72.6 Å². The van der Waals surface area contributed by atoms with E-state index in [-0.39, 0.29) is 36.0 Å². The number of hydrogen-bond acceptors (Lipinski definition) is 2. The third kappa shape index (κ3) is 8.05. The molecule has 0 atom stereocenters. The second-order valence-corrected chi connectivity index (χ2v) is 6.98. The predicted octanol–water partition coefficient (Wildman–Crippen LogP) is 3.93. The van der Waals surface area contributed by atoms with Crippen molar-refractivity contribution < 1.29 is 5.11 Å². The van der Waals surface area contributed by atoms with Gasteiger partial charge in [0.15, 0.2) is 5.96 Å². The Morgan fingerprint density at radius 2 is 1.74 bits per heavy atom. The Hall–Kier alpha value is -0.0400. The molecule has 0 unspecified atom stereocenters. The molecule has 0 aromatic carbocycles. The molecule has 0 spiro atoms. The first-order valence-electron chi connectivity index (χ1n) is 9.24. The highest BCUT2D eigenvalue weighted by molar-refractivity contribution is 14.0. The summed E-state index contributed by atoms with van der Waals surface area (Å²) in [6.07, 6.45) is 8.08. The summed E-state index contributed by atoms with van der Waals surface area (Å²) in [5.41, 5.74) is 0.137. The van der Waals surface area contributed by atoms with Crippen molar-refractivity contribution in [1.82, 2.24) is 10.6 Å². The van der Waals surface area contributed by atoms with Crippen molar-refractivity contribution in [3.63, 3.8) is 0 Å². The molecule has 0 saturated heterocycles. The molecule has 4 nitrogen and oxygen atoms in total. The molecule has 23 heavy (non-hydrogen) atoms. The molecule has 138 valence electrons. The van der Waals surface area contributed by atoms with Gasteiger partial charge in [0.05, 0.1) is 0 Å². The first kappa shape index (κ1) is 23.0. The smallest absolute Gasteiger partial charge is 0.191 e. The van der Waals surface area contributed by atoms with Crippen LogP contribution < -0.4 is 10.6 Å². The van der Waals surface area contributed by atoms with Crippen LogP contribution in [0.4, 0.5) is 0 Å². The number of halogens is 1. The van der Waals surface area contributed by atoms with Gasteiger partial charge in [0.2, 0.25) is 0 Å². The molecule has 5 heteroatoms. The minimum absolute atomic E-state index is 0. The second-order valence-electron chi connectivity index (χ2n) is 6.98. The fraction of sp³-hybridized carbons (Fsp3) is 0.944. The van der Waals surface area contributed by atoms with Crippen molar-refractivity contribution in [2.45, 2.75) is 78.7 Å². The van der Waals surface area contributed by atoms with Gasteiger partial charge < -0.3 is 15.7 Å². The predicted molar refractivity (Wildman–Crippen MR) is 111 cm³/mol. The van der Waals surface area contributed by atoms with Crippen LogP contribution in [0.15, 0.2) is 4.99 Å². The molecular weight excluding hydrogens is 401 g/mol. The van der Waals surface area contributed by atoms with Crippen LogP contribution >= 0.6 is 24.0 Å². The van der Waals surface area contributed by atoms with Crippen molar-refractivity contribution in [1.29, 1.82) is 0 Å². The lowest BCUT2D eigenvalue weighted by atomic mass is 9.79. The van der Waals surface area contributed by atoms with Gasteiger partial charge in [0, 0.05) is 25.7 Å². The number of hydrogen-bond donors (Lipinski definition) is 3. The molecule has 0 bridgehead atoms. The highest BCUT2D eigenvalue weighted by atomic mass is 127. The van der Waals surface area contributed by atoms with E-state index in [9.17, 15) is 5.11 Å². The topological polar surface area (TPSA) is 56.7 Å². The summed E-state index contributed by atoms with van der Waals surface area (Å²) in [4.78, 5) is 4.84. The zero-order valence-corrected chi connectivity index (χ0v) is 17.9. The van der Waals surface area contributed by atoms with Crippen LogP contribution in [0.3, 0.4) is 0 Å². The van der Waals surface area contributed by atoms with Crippen LogP contribution in [0.2, 0.25) is 0 Å². The Morgan fingerprint density at radius 1 is 1.13 bits per heavy atom. The van der Waals surface area contributed by atoms with Gasteiger partial charge in [0.25, 0.3) is 0 Å². The fourth-order valence-electron chi connectivity index (χ4n) is 3.31. The highest BCUT2D eigenvalue weighted by Gasteiger charge is 2.26. The first-order chi connectivity index (χ1) is 10.6.